The molecule has 0 aromatic carbocycles. The Bertz CT molecular complexity index is 183. The lowest BCUT2D eigenvalue weighted by molar-refractivity contribution is -0.121. The zero-order valence-electron chi connectivity index (χ0n) is 11.0. The Hall–Kier alpha value is -0.610. The first-order valence-electron chi connectivity index (χ1n) is 6.21. The van der Waals surface area contributed by atoms with Gasteiger partial charge >= 0.3 is 0 Å². The lowest BCUT2D eigenvalue weighted by Crippen LogP contribution is -2.38. The zero-order valence-corrected chi connectivity index (χ0v) is 11.0. The normalized spacial score (nSPS) is 12.8. The Morgan fingerprint density at radius 1 is 1.25 bits per heavy atom. The van der Waals surface area contributed by atoms with Gasteiger partial charge in [-0.3, -0.25) is 4.79 Å². The molecule has 1 unspecified atom stereocenters. The van der Waals surface area contributed by atoms with Gasteiger partial charge in [0.1, 0.15) is 0 Å². The first kappa shape index (κ1) is 15.4. The average molecular weight is 229 g/mol. The van der Waals surface area contributed by atoms with Crippen LogP contribution in [0.1, 0.15) is 39.0 Å². The van der Waals surface area contributed by atoms with Gasteiger partial charge in [0.25, 0.3) is 0 Å². The maximum absolute atomic E-state index is 11.4. The first-order valence-corrected chi connectivity index (χ1v) is 6.21. The van der Waals surface area contributed by atoms with Gasteiger partial charge in [-0.15, -0.1) is 0 Å². The largest absolute Gasteiger partial charge is 0.355 e. The van der Waals surface area contributed by atoms with Gasteiger partial charge < -0.3 is 16.0 Å². The Labute approximate surface area is 99.6 Å². The molecule has 96 valence electrons. The molecule has 0 bridgehead atoms. The van der Waals surface area contributed by atoms with Crippen LogP contribution in [-0.2, 0) is 4.79 Å². The summed E-state index contributed by atoms with van der Waals surface area (Å²) in [4.78, 5) is 13.5. The number of carbonyl (C=O) groups excluding carboxylic acids is 1. The van der Waals surface area contributed by atoms with Crippen LogP contribution in [0.3, 0.4) is 0 Å². The molecule has 0 aromatic rings. The van der Waals surface area contributed by atoms with Crippen molar-refractivity contribution in [2.45, 2.75) is 45.1 Å². The third kappa shape index (κ3) is 8.68. The van der Waals surface area contributed by atoms with E-state index in [4.69, 9.17) is 5.73 Å². The van der Waals surface area contributed by atoms with Crippen LogP contribution in [0.2, 0.25) is 0 Å². The molecule has 0 aliphatic carbocycles. The fourth-order valence-electron chi connectivity index (χ4n) is 1.32. The van der Waals surface area contributed by atoms with Gasteiger partial charge in [0, 0.05) is 19.0 Å². The lowest BCUT2D eigenvalue weighted by Gasteiger charge is -2.19. The Balaban J connectivity index is 3.38. The number of nitrogens with zero attached hydrogens (tertiary/aromatic N) is 1. The number of carbonyl (C=O) groups is 1. The molecule has 0 aliphatic rings. The lowest BCUT2D eigenvalue weighted by atomic mass is 10.1. The van der Waals surface area contributed by atoms with Crippen LogP contribution < -0.4 is 11.1 Å². The van der Waals surface area contributed by atoms with Crippen LogP contribution in [0.5, 0.6) is 0 Å². The van der Waals surface area contributed by atoms with Crippen molar-refractivity contribution in [3.8, 4) is 0 Å². The van der Waals surface area contributed by atoms with E-state index in [2.05, 4.69) is 17.1 Å². The monoisotopic (exact) mass is 229 g/mol. The summed E-state index contributed by atoms with van der Waals surface area (Å²) >= 11 is 0. The van der Waals surface area contributed by atoms with Crippen molar-refractivity contribution in [3.05, 3.63) is 0 Å². The summed E-state index contributed by atoms with van der Waals surface area (Å²) in [6.45, 7) is 3.59. The first-order chi connectivity index (χ1) is 7.57. The minimum atomic E-state index is 0.168. The van der Waals surface area contributed by atoms with Crippen molar-refractivity contribution >= 4 is 5.91 Å². The number of amides is 1. The van der Waals surface area contributed by atoms with Gasteiger partial charge in [-0.05, 0) is 40.4 Å². The fraction of sp³-hybridized carbons (Fsp3) is 0.917. The molecule has 16 heavy (non-hydrogen) atoms. The van der Waals surface area contributed by atoms with Crippen molar-refractivity contribution < 1.29 is 4.79 Å². The molecule has 0 aliphatic heterocycles. The number of rotatable bonds is 9. The van der Waals surface area contributed by atoms with Crippen molar-refractivity contribution in [2.75, 3.05) is 27.2 Å². The number of unbranched alkanes of at least 4 members (excludes halogenated alkanes) is 3. The van der Waals surface area contributed by atoms with E-state index in [1.807, 2.05) is 14.1 Å². The third-order valence-corrected chi connectivity index (χ3v) is 2.83. The minimum Gasteiger partial charge on any atom is -0.355 e. The van der Waals surface area contributed by atoms with E-state index >= 15 is 0 Å². The standard InChI is InChI=1S/C12H27N3O/c1-11(15(2)3)10-14-12(16)8-6-4-5-7-9-13/h11H,4-10,13H2,1-3H3,(H,14,16). The highest BCUT2D eigenvalue weighted by molar-refractivity contribution is 5.75. The van der Waals surface area contributed by atoms with E-state index in [1.54, 1.807) is 0 Å². The molecule has 0 saturated carbocycles. The van der Waals surface area contributed by atoms with Crippen LogP contribution in [0.25, 0.3) is 0 Å². The second-order valence-electron chi connectivity index (χ2n) is 4.57. The Kier molecular flexibility index (Phi) is 9.24. The molecular formula is C12H27N3O. The molecule has 4 heteroatoms. The van der Waals surface area contributed by atoms with Gasteiger partial charge in [0.2, 0.25) is 5.91 Å². The van der Waals surface area contributed by atoms with Crippen LogP contribution in [-0.4, -0.2) is 44.0 Å². The quantitative estimate of drug-likeness (QED) is 0.579. The molecule has 0 spiro atoms. The van der Waals surface area contributed by atoms with E-state index in [9.17, 15) is 4.79 Å². The van der Waals surface area contributed by atoms with Gasteiger partial charge in [-0.2, -0.15) is 0 Å². The van der Waals surface area contributed by atoms with E-state index in [0.717, 1.165) is 38.8 Å². The minimum absolute atomic E-state index is 0.168. The van der Waals surface area contributed by atoms with E-state index in [-0.39, 0.29) is 5.91 Å². The number of nitrogens with two attached hydrogens (primary N) is 1. The summed E-state index contributed by atoms with van der Waals surface area (Å²) in [6.07, 6.45) is 4.93. The molecule has 3 N–H and O–H groups in total. The van der Waals surface area contributed by atoms with Crippen molar-refractivity contribution in [1.82, 2.24) is 10.2 Å². The van der Waals surface area contributed by atoms with Crippen LogP contribution >= 0.6 is 0 Å². The van der Waals surface area contributed by atoms with Crippen molar-refractivity contribution in [2.24, 2.45) is 5.73 Å². The van der Waals surface area contributed by atoms with Gasteiger partial charge in [0.15, 0.2) is 0 Å². The molecule has 0 saturated heterocycles. The second kappa shape index (κ2) is 9.60. The predicted octanol–water partition coefficient (Wildman–Crippen LogP) is 0.962. The molecule has 1 atom stereocenters. The molecule has 0 fully saturated rings. The maximum atomic E-state index is 11.4. The van der Waals surface area contributed by atoms with Gasteiger partial charge in [0.05, 0.1) is 0 Å². The molecular weight excluding hydrogens is 202 g/mol. The number of hydrogen-bond donors (Lipinski definition) is 2. The van der Waals surface area contributed by atoms with Gasteiger partial charge in [-0.25, -0.2) is 0 Å². The SMILES string of the molecule is CC(CNC(=O)CCCCCCN)N(C)C. The summed E-state index contributed by atoms with van der Waals surface area (Å²) in [5.74, 6) is 0.168. The van der Waals surface area contributed by atoms with E-state index < -0.39 is 0 Å². The number of likely N-dealkylation sites (N-methyl/N-ethyl adjacent to an activating group) is 1. The highest BCUT2D eigenvalue weighted by Crippen LogP contribution is 2.02. The second-order valence-corrected chi connectivity index (χ2v) is 4.57. The zero-order chi connectivity index (χ0) is 12.4. The predicted molar refractivity (Wildman–Crippen MR) is 68.3 cm³/mol. The summed E-state index contributed by atoms with van der Waals surface area (Å²) in [5, 5.41) is 2.95. The smallest absolute Gasteiger partial charge is 0.220 e. The fourth-order valence-corrected chi connectivity index (χ4v) is 1.32. The highest BCUT2D eigenvalue weighted by atomic mass is 16.1. The molecule has 4 nitrogen and oxygen atoms in total. The molecule has 0 rings (SSSR count). The van der Waals surface area contributed by atoms with Crippen molar-refractivity contribution in [3.63, 3.8) is 0 Å². The van der Waals surface area contributed by atoms with Crippen molar-refractivity contribution in [1.29, 1.82) is 0 Å². The van der Waals surface area contributed by atoms with Crippen LogP contribution in [0, 0.1) is 0 Å². The van der Waals surface area contributed by atoms with E-state index in [0.29, 0.717) is 12.5 Å². The third-order valence-electron chi connectivity index (χ3n) is 2.83. The Morgan fingerprint density at radius 2 is 1.88 bits per heavy atom. The molecule has 0 aromatic heterocycles. The summed E-state index contributed by atoms with van der Waals surface area (Å²) in [7, 11) is 4.04. The maximum Gasteiger partial charge on any atom is 0.220 e. The average Bonchev–Trinajstić information content (AvgIpc) is 2.25. The number of hydrogen-bond acceptors (Lipinski definition) is 3. The van der Waals surface area contributed by atoms with E-state index in [1.165, 1.54) is 0 Å². The summed E-state index contributed by atoms with van der Waals surface area (Å²) < 4.78 is 0. The number of nitrogens with one attached hydrogen (secondary N) is 1. The topological polar surface area (TPSA) is 58.4 Å². The van der Waals surface area contributed by atoms with Crippen LogP contribution in [0.15, 0.2) is 0 Å². The summed E-state index contributed by atoms with van der Waals surface area (Å²) in [6, 6.07) is 0.390. The van der Waals surface area contributed by atoms with Gasteiger partial charge in [-0.1, -0.05) is 12.8 Å². The Morgan fingerprint density at radius 3 is 2.44 bits per heavy atom. The molecule has 0 heterocycles. The molecule has 1 amide bonds. The highest BCUT2D eigenvalue weighted by Gasteiger charge is 2.06. The van der Waals surface area contributed by atoms with Crippen LogP contribution in [0.4, 0.5) is 0 Å². The molecule has 0 radical (unpaired) electrons. The summed E-state index contributed by atoms with van der Waals surface area (Å²) in [5.41, 5.74) is 5.40.